The molecule has 3 heterocycles. The molecular formula is C12H11N5O2S. The molecule has 0 aromatic carbocycles. The highest BCUT2D eigenvalue weighted by atomic mass is 32.1. The first-order chi connectivity index (χ1) is 9.75. The van der Waals surface area contributed by atoms with E-state index in [9.17, 15) is 9.59 Å². The lowest BCUT2D eigenvalue weighted by atomic mass is 10.3. The molecule has 7 nitrogen and oxygen atoms in total. The summed E-state index contributed by atoms with van der Waals surface area (Å²) < 4.78 is 1.37. The minimum atomic E-state index is -0.422. The average Bonchev–Trinajstić information content (AvgIpc) is 3.09. The average molecular weight is 289 g/mol. The number of nitrogens with zero attached hydrogens (tertiary/aromatic N) is 3. The Balaban J connectivity index is 1.72. The number of nitrogens with one attached hydrogen (secondary N) is 2. The van der Waals surface area contributed by atoms with Crippen molar-refractivity contribution >= 4 is 22.2 Å². The summed E-state index contributed by atoms with van der Waals surface area (Å²) in [6, 6.07) is 0. The quantitative estimate of drug-likeness (QED) is 0.729. The van der Waals surface area contributed by atoms with Gasteiger partial charge in [0.2, 0.25) is 0 Å². The van der Waals surface area contributed by atoms with E-state index in [1.54, 1.807) is 24.0 Å². The molecule has 0 atom stereocenters. The number of hydrogen-bond donors (Lipinski definition) is 2. The largest absolute Gasteiger partial charge is 0.351 e. The van der Waals surface area contributed by atoms with Gasteiger partial charge in [0.15, 0.2) is 4.96 Å². The molecular weight excluding hydrogens is 278 g/mol. The van der Waals surface area contributed by atoms with Gasteiger partial charge in [-0.25, -0.2) is 9.97 Å². The van der Waals surface area contributed by atoms with Crippen LogP contribution in [0.2, 0.25) is 0 Å². The van der Waals surface area contributed by atoms with Crippen molar-refractivity contribution in [1.29, 1.82) is 0 Å². The van der Waals surface area contributed by atoms with Crippen molar-refractivity contribution in [2.24, 2.45) is 0 Å². The van der Waals surface area contributed by atoms with E-state index >= 15 is 0 Å². The third kappa shape index (κ3) is 2.32. The first-order valence-corrected chi connectivity index (χ1v) is 6.85. The van der Waals surface area contributed by atoms with Gasteiger partial charge in [0.05, 0.1) is 0 Å². The third-order valence-corrected chi connectivity index (χ3v) is 3.56. The molecule has 3 aromatic heterocycles. The molecule has 0 aliphatic rings. The molecule has 3 aromatic rings. The van der Waals surface area contributed by atoms with Crippen LogP contribution in [0.3, 0.4) is 0 Å². The number of fused-ring (bicyclic) bond motifs is 1. The molecule has 20 heavy (non-hydrogen) atoms. The maximum absolute atomic E-state index is 12.1. The van der Waals surface area contributed by atoms with Gasteiger partial charge in [-0.05, 0) is 0 Å². The van der Waals surface area contributed by atoms with Crippen LogP contribution in [0.1, 0.15) is 16.2 Å². The number of aromatic nitrogens is 4. The highest BCUT2D eigenvalue weighted by Crippen LogP contribution is 2.05. The van der Waals surface area contributed by atoms with Gasteiger partial charge < -0.3 is 10.3 Å². The first-order valence-electron chi connectivity index (χ1n) is 5.97. The fourth-order valence-electron chi connectivity index (χ4n) is 1.80. The Morgan fingerprint density at radius 2 is 2.35 bits per heavy atom. The second-order valence-corrected chi connectivity index (χ2v) is 4.95. The molecule has 3 rings (SSSR count). The van der Waals surface area contributed by atoms with Crippen molar-refractivity contribution < 1.29 is 4.79 Å². The number of carbonyl (C=O) groups excluding carboxylic acids is 1. The molecule has 0 aliphatic heterocycles. The molecule has 0 saturated carbocycles. The monoisotopic (exact) mass is 289 g/mol. The molecule has 0 radical (unpaired) electrons. The minimum Gasteiger partial charge on any atom is -0.351 e. The molecule has 2 N–H and O–H groups in total. The van der Waals surface area contributed by atoms with Gasteiger partial charge in [-0.2, -0.15) is 0 Å². The summed E-state index contributed by atoms with van der Waals surface area (Å²) in [6.07, 6.45) is 6.87. The summed E-state index contributed by atoms with van der Waals surface area (Å²) in [5, 5.41) is 4.44. The van der Waals surface area contributed by atoms with Crippen molar-refractivity contribution in [2.45, 2.75) is 6.42 Å². The number of imidazole rings is 1. The lowest BCUT2D eigenvalue weighted by Crippen LogP contribution is -2.32. The summed E-state index contributed by atoms with van der Waals surface area (Å²) in [5.41, 5.74) is -0.313. The number of H-pyrrole nitrogens is 1. The van der Waals surface area contributed by atoms with Gasteiger partial charge in [-0.1, -0.05) is 0 Å². The molecule has 0 bridgehead atoms. The highest BCUT2D eigenvalue weighted by Gasteiger charge is 2.13. The van der Waals surface area contributed by atoms with E-state index in [1.807, 2.05) is 0 Å². The van der Waals surface area contributed by atoms with E-state index in [0.717, 1.165) is 5.82 Å². The predicted molar refractivity (Wildman–Crippen MR) is 74.0 cm³/mol. The van der Waals surface area contributed by atoms with E-state index < -0.39 is 5.91 Å². The van der Waals surface area contributed by atoms with Gasteiger partial charge in [0.25, 0.3) is 11.5 Å². The number of thiazole rings is 1. The molecule has 1 amide bonds. The maximum Gasteiger partial charge on any atom is 0.271 e. The number of aromatic amines is 1. The molecule has 0 saturated heterocycles. The molecule has 0 fully saturated rings. The topological polar surface area (TPSA) is 92.2 Å². The summed E-state index contributed by atoms with van der Waals surface area (Å²) in [6.45, 7) is 0.401. The van der Waals surface area contributed by atoms with Crippen molar-refractivity contribution in [1.82, 2.24) is 24.7 Å². The van der Waals surface area contributed by atoms with Crippen LogP contribution in [0.5, 0.6) is 0 Å². The van der Waals surface area contributed by atoms with E-state index in [4.69, 9.17) is 0 Å². The number of amides is 1. The van der Waals surface area contributed by atoms with Crippen LogP contribution in [0, 0.1) is 0 Å². The van der Waals surface area contributed by atoms with Crippen LogP contribution in [0.4, 0.5) is 0 Å². The van der Waals surface area contributed by atoms with Crippen molar-refractivity contribution in [3.05, 3.63) is 51.9 Å². The summed E-state index contributed by atoms with van der Waals surface area (Å²) >= 11 is 1.35. The zero-order valence-corrected chi connectivity index (χ0v) is 11.2. The fraction of sp³-hybridized carbons (Fsp3) is 0.167. The highest BCUT2D eigenvalue weighted by molar-refractivity contribution is 7.15. The zero-order valence-electron chi connectivity index (χ0n) is 10.4. The van der Waals surface area contributed by atoms with Crippen LogP contribution in [0.25, 0.3) is 4.96 Å². The first kappa shape index (κ1) is 12.5. The van der Waals surface area contributed by atoms with E-state index in [-0.39, 0.29) is 11.1 Å². The maximum atomic E-state index is 12.1. The third-order valence-electron chi connectivity index (χ3n) is 2.79. The predicted octanol–water partition coefficient (Wildman–Crippen LogP) is 0.452. The molecule has 0 spiro atoms. The molecule has 102 valence electrons. The minimum absolute atomic E-state index is 0.0420. The van der Waals surface area contributed by atoms with Gasteiger partial charge in [-0.15, -0.1) is 11.3 Å². The number of rotatable bonds is 4. The summed E-state index contributed by atoms with van der Waals surface area (Å²) in [7, 11) is 0. The van der Waals surface area contributed by atoms with Crippen molar-refractivity contribution in [2.75, 3.05) is 6.54 Å². The van der Waals surface area contributed by atoms with E-state index in [1.165, 1.54) is 21.9 Å². The smallest absolute Gasteiger partial charge is 0.271 e. The Morgan fingerprint density at radius 1 is 1.45 bits per heavy atom. The molecule has 0 unspecified atom stereocenters. The summed E-state index contributed by atoms with van der Waals surface area (Å²) in [4.78, 5) is 35.7. The zero-order chi connectivity index (χ0) is 13.9. The van der Waals surface area contributed by atoms with Crippen LogP contribution in [0.15, 0.2) is 35.0 Å². The van der Waals surface area contributed by atoms with Crippen LogP contribution >= 0.6 is 11.3 Å². The van der Waals surface area contributed by atoms with Crippen LogP contribution in [-0.2, 0) is 6.42 Å². The van der Waals surface area contributed by atoms with Gasteiger partial charge in [-0.3, -0.25) is 14.0 Å². The molecule has 8 heteroatoms. The van der Waals surface area contributed by atoms with Gasteiger partial charge >= 0.3 is 0 Å². The fourth-order valence-corrected chi connectivity index (χ4v) is 2.48. The number of carbonyl (C=O) groups is 1. The SMILES string of the molecule is O=C(NCCc1ncc[nH]1)c1cnc2sccn2c1=O. The van der Waals surface area contributed by atoms with Crippen molar-refractivity contribution in [3.8, 4) is 0 Å². The number of hydrogen-bond acceptors (Lipinski definition) is 5. The Hall–Kier alpha value is -2.48. The molecule has 0 aliphatic carbocycles. The van der Waals surface area contributed by atoms with Gasteiger partial charge in [0, 0.05) is 43.1 Å². The Morgan fingerprint density at radius 3 is 3.15 bits per heavy atom. The van der Waals surface area contributed by atoms with Gasteiger partial charge in [0.1, 0.15) is 11.4 Å². The van der Waals surface area contributed by atoms with Crippen LogP contribution in [-0.4, -0.2) is 31.8 Å². The second kappa shape index (κ2) is 5.25. The Kier molecular flexibility index (Phi) is 3.30. The summed E-state index contributed by atoms with van der Waals surface area (Å²) in [5.74, 6) is 0.364. The lowest BCUT2D eigenvalue weighted by Gasteiger charge is -2.03. The van der Waals surface area contributed by atoms with Crippen LogP contribution < -0.4 is 10.9 Å². The Bertz CT molecular complexity index is 790. The normalized spacial score (nSPS) is 10.8. The lowest BCUT2D eigenvalue weighted by molar-refractivity contribution is 0.0952. The standard InChI is InChI=1S/C12H11N5O2S/c18-10(15-2-1-9-13-3-4-14-9)8-7-16-12-17(11(8)19)5-6-20-12/h3-7H,1-2H2,(H,13,14)(H,15,18). The van der Waals surface area contributed by atoms with E-state index in [2.05, 4.69) is 20.3 Å². The van der Waals surface area contributed by atoms with Crippen molar-refractivity contribution in [3.63, 3.8) is 0 Å². The van der Waals surface area contributed by atoms with E-state index in [0.29, 0.717) is 17.9 Å². The Labute approximate surface area is 117 Å². The second-order valence-electron chi connectivity index (χ2n) is 4.07.